The normalized spacial score (nSPS) is 17.5. The Balaban J connectivity index is 1.80. The molecule has 156 valence electrons. The van der Waals surface area contributed by atoms with Gasteiger partial charge in [-0.15, -0.1) is 0 Å². The molecule has 0 spiro atoms. The molecule has 1 atom stereocenters. The predicted octanol–water partition coefficient (Wildman–Crippen LogP) is 4.39. The molecule has 1 aromatic heterocycles. The van der Waals surface area contributed by atoms with E-state index in [0.29, 0.717) is 25.2 Å². The third-order valence-electron chi connectivity index (χ3n) is 5.26. The molecule has 0 bridgehead atoms. The van der Waals surface area contributed by atoms with Gasteiger partial charge in [0.25, 0.3) is 5.91 Å². The van der Waals surface area contributed by atoms with E-state index in [0.717, 1.165) is 23.0 Å². The summed E-state index contributed by atoms with van der Waals surface area (Å²) in [6.45, 7) is 15.7. The van der Waals surface area contributed by atoms with Crippen molar-refractivity contribution < 1.29 is 14.3 Å². The number of aromatic nitrogens is 1. The highest BCUT2D eigenvalue weighted by Crippen LogP contribution is 2.26. The molecule has 6 nitrogen and oxygen atoms in total. The lowest BCUT2D eigenvalue weighted by Gasteiger charge is -2.40. The number of rotatable bonds is 3. The molecule has 3 rings (SSSR count). The first-order valence-electron chi connectivity index (χ1n) is 10.2. The van der Waals surface area contributed by atoms with E-state index in [1.807, 2.05) is 57.0 Å². The molecule has 2 amide bonds. The molecule has 6 heteroatoms. The van der Waals surface area contributed by atoms with Crippen LogP contribution in [-0.4, -0.2) is 57.6 Å². The van der Waals surface area contributed by atoms with Crippen LogP contribution in [0.15, 0.2) is 31.0 Å². The van der Waals surface area contributed by atoms with Gasteiger partial charge in [-0.05, 0) is 46.2 Å². The summed E-state index contributed by atoms with van der Waals surface area (Å²) >= 11 is 0. The number of ether oxygens (including phenoxy) is 1. The molecule has 1 fully saturated rings. The van der Waals surface area contributed by atoms with Gasteiger partial charge in [0.15, 0.2) is 0 Å². The molecule has 0 saturated carbocycles. The SMILES string of the molecule is C=Cc1ccc2c(C(=O)N3CCN(C(=O)OC(C)(C)C)C(C)C3)cn(CC)c2c1. The van der Waals surface area contributed by atoms with Crippen molar-refractivity contribution in [2.45, 2.75) is 52.8 Å². The predicted molar refractivity (Wildman–Crippen MR) is 116 cm³/mol. The molecule has 1 aliphatic heterocycles. The van der Waals surface area contributed by atoms with Crippen molar-refractivity contribution >= 4 is 29.0 Å². The zero-order valence-corrected chi connectivity index (χ0v) is 18.1. The van der Waals surface area contributed by atoms with E-state index < -0.39 is 5.60 Å². The number of hydrogen-bond donors (Lipinski definition) is 0. The summed E-state index contributed by atoms with van der Waals surface area (Å²) < 4.78 is 7.59. The number of benzene rings is 1. The van der Waals surface area contributed by atoms with Crippen LogP contribution in [0.4, 0.5) is 4.79 Å². The number of amides is 2. The van der Waals surface area contributed by atoms with Gasteiger partial charge in [0.05, 0.1) is 5.56 Å². The summed E-state index contributed by atoms with van der Waals surface area (Å²) in [5.41, 5.74) is 2.24. The van der Waals surface area contributed by atoms with Gasteiger partial charge in [0.2, 0.25) is 0 Å². The zero-order valence-electron chi connectivity index (χ0n) is 18.1. The van der Waals surface area contributed by atoms with Crippen molar-refractivity contribution in [2.75, 3.05) is 19.6 Å². The van der Waals surface area contributed by atoms with E-state index >= 15 is 0 Å². The summed E-state index contributed by atoms with van der Waals surface area (Å²) in [5.74, 6) is 0.00393. The second-order valence-corrected chi connectivity index (χ2v) is 8.58. The topological polar surface area (TPSA) is 54.8 Å². The van der Waals surface area contributed by atoms with Crippen LogP contribution in [0.5, 0.6) is 0 Å². The Morgan fingerprint density at radius 2 is 2.00 bits per heavy atom. The van der Waals surface area contributed by atoms with E-state index in [4.69, 9.17) is 4.74 Å². The Morgan fingerprint density at radius 1 is 1.28 bits per heavy atom. The Labute approximate surface area is 172 Å². The molecule has 1 aromatic carbocycles. The quantitative estimate of drug-likeness (QED) is 0.772. The van der Waals surface area contributed by atoms with Crippen LogP contribution in [0.3, 0.4) is 0 Å². The van der Waals surface area contributed by atoms with E-state index in [1.54, 1.807) is 4.90 Å². The third-order valence-corrected chi connectivity index (χ3v) is 5.26. The summed E-state index contributed by atoms with van der Waals surface area (Å²) in [6, 6.07) is 5.93. The minimum atomic E-state index is -0.532. The average molecular weight is 398 g/mol. The van der Waals surface area contributed by atoms with Crippen molar-refractivity contribution in [2.24, 2.45) is 0 Å². The fourth-order valence-electron chi connectivity index (χ4n) is 3.77. The Morgan fingerprint density at radius 3 is 2.59 bits per heavy atom. The molecule has 0 radical (unpaired) electrons. The van der Waals surface area contributed by atoms with Gasteiger partial charge < -0.3 is 19.1 Å². The van der Waals surface area contributed by atoms with Crippen molar-refractivity contribution in [1.82, 2.24) is 14.4 Å². The molecule has 0 N–H and O–H groups in total. The van der Waals surface area contributed by atoms with E-state index in [2.05, 4.69) is 24.1 Å². The maximum atomic E-state index is 13.3. The Hall–Kier alpha value is -2.76. The van der Waals surface area contributed by atoms with Crippen molar-refractivity contribution in [3.63, 3.8) is 0 Å². The Kier molecular flexibility index (Phi) is 5.73. The van der Waals surface area contributed by atoms with Gasteiger partial charge in [-0.2, -0.15) is 0 Å². The molecule has 1 unspecified atom stereocenters. The van der Waals surface area contributed by atoms with Gasteiger partial charge in [0, 0.05) is 49.3 Å². The average Bonchev–Trinajstić information content (AvgIpc) is 3.03. The molecule has 29 heavy (non-hydrogen) atoms. The number of aryl methyl sites for hydroxylation is 1. The number of carbonyl (C=O) groups is 2. The van der Waals surface area contributed by atoms with Crippen LogP contribution >= 0.6 is 0 Å². The van der Waals surface area contributed by atoms with Crippen LogP contribution in [0.2, 0.25) is 0 Å². The highest BCUT2D eigenvalue weighted by molar-refractivity contribution is 6.07. The number of hydrogen-bond acceptors (Lipinski definition) is 3. The summed E-state index contributed by atoms with van der Waals surface area (Å²) in [4.78, 5) is 29.3. The second-order valence-electron chi connectivity index (χ2n) is 8.58. The van der Waals surface area contributed by atoms with Gasteiger partial charge in [-0.1, -0.05) is 24.8 Å². The lowest BCUT2D eigenvalue weighted by Crippen LogP contribution is -2.56. The lowest BCUT2D eigenvalue weighted by molar-refractivity contribution is 0.00201. The minimum absolute atomic E-state index is 0.00393. The fourth-order valence-corrected chi connectivity index (χ4v) is 3.77. The molecule has 1 aliphatic rings. The summed E-state index contributed by atoms with van der Waals surface area (Å²) in [7, 11) is 0. The van der Waals surface area contributed by atoms with Crippen LogP contribution in [0.25, 0.3) is 17.0 Å². The zero-order chi connectivity index (χ0) is 21.3. The minimum Gasteiger partial charge on any atom is -0.444 e. The van der Waals surface area contributed by atoms with Crippen LogP contribution in [0, 0.1) is 0 Å². The standard InChI is InChI=1S/C23H31N3O3/c1-7-17-9-10-18-19(15-24(8-2)20(18)13-17)21(27)25-11-12-26(16(3)14-25)22(28)29-23(4,5)6/h7,9-10,13,15-16H,1,8,11-12,14H2,2-6H3. The molecule has 1 saturated heterocycles. The van der Waals surface area contributed by atoms with Crippen LogP contribution in [0.1, 0.15) is 50.5 Å². The van der Waals surface area contributed by atoms with Gasteiger partial charge in [-0.3, -0.25) is 4.79 Å². The molecular formula is C23H31N3O3. The lowest BCUT2D eigenvalue weighted by atomic mass is 10.1. The molecule has 0 aliphatic carbocycles. The molecule has 2 heterocycles. The van der Waals surface area contributed by atoms with Crippen molar-refractivity contribution in [1.29, 1.82) is 0 Å². The summed E-state index contributed by atoms with van der Waals surface area (Å²) in [6.07, 6.45) is 3.42. The molecule has 2 aromatic rings. The maximum Gasteiger partial charge on any atom is 0.410 e. The highest BCUT2D eigenvalue weighted by atomic mass is 16.6. The van der Waals surface area contributed by atoms with Crippen molar-refractivity contribution in [3.05, 3.63) is 42.1 Å². The smallest absolute Gasteiger partial charge is 0.410 e. The van der Waals surface area contributed by atoms with Crippen molar-refractivity contribution in [3.8, 4) is 0 Å². The fraction of sp³-hybridized carbons (Fsp3) is 0.478. The van der Waals surface area contributed by atoms with Gasteiger partial charge in [-0.25, -0.2) is 4.79 Å². The van der Waals surface area contributed by atoms with E-state index in [1.165, 1.54) is 0 Å². The summed E-state index contributed by atoms with van der Waals surface area (Å²) in [5, 5.41) is 0.949. The van der Waals surface area contributed by atoms with Crippen LogP contribution < -0.4 is 0 Å². The Bertz CT molecular complexity index is 939. The number of piperazine rings is 1. The number of fused-ring (bicyclic) bond motifs is 1. The highest BCUT2D eigenvalue weighted by Gasteiger charge is 2.33. The first-order valence-corrected chi connectivity index (χ1v) is 10.2. The monoisotopic (exact) mass is 397 g/mol. The maximum absolute atomic E-state index is 13.3. The number of nitrogens with zero attached hydrogens (tertiary/aromatic N) is 3. The number of carbonyl (C=O) groups excluding carboxylic acids is 2. The second kappa shape index (κ2) is 7.93. The first-order chi connectivity index (χ1) is 13.6. The van der Waals surface area contributed by atoms with Crippen LogP contribution in [-0.2, 0) is 11.3 Å². The third kappa shape index (κ3) is 4.31. The van der Waals surface area contributed by atoms with Gasteiger partial charge in [0.1, 0.15) is 5.60 Å². The molecular weight excluding hydrogens is 366 g/mol. The van der Waals surface area contributed by atoms with Gasteiger partial charge >= 0.3 is 6.09 Å². The van der Waals surface area contributed by atoms with E-state index in [-0.39, 0.29) is 18.0 Å². The van der Waals surface area contributed by atoms with E-state index in [9.17, 15) is 9.59 Å². The largest absolute Gasteiger partial charge is 0.444 e. The first kappa shape index (κ1) is 21.0.